The third-order valence-corrected chi connectivity index (χ3v) is 3.89. The first-order valence-corrected chi connectivity index (χ1v) is 9.40. The van der Waals surface area contributed by atoms with E-state index in [-0.39, 0.29) is 36.5 Å². The van der Waals surface area contributed by atoms with Gasteiger partial charge >= 0.3 is 0 Å². The number of benzene rings is 1. The second kappa shape index (κ2) is 14.5. The van der Waals surface area contributed by atoms with E-state index < -0.39 is 0 Å². The lowest BCUT2D eigenvalue weighted by Gasteiger charge is -2.19. The molecule has 0 aliphatic rings. The van der Waals surface area contributed by atoms with Crippen molar-refractivity contribution in [2.24, 2.45) is 10.9 Å². The van der Waals surface area contributed by atoms with Crippen LogP contribution in [-0.4, -0.2) is 38.1 Å². The van der Waals surface area contributed by atoms with Crippen LogP contribution in [0.3, 0.4) is 0 Å². The van der Waals surface area contributed by atoms with E-state index in [2.05, 4.69) is 41.7 Å². The summed E-state index contributed by atoms with van der Waals surface area (Å²) < 4.78 is 5.53. The molecule has 6 nitrogen and oxygen atoms in total. The summed E-state index contributed by atoms with van der Waals surface area (Å²) in [7, 11) is 1.77. The van der Waals surface area contributed by atoms with Crippen LogP contribution in [0, 0.1) is 5.92 Å². The highest BCUT2D eigenvalue weighted by molar-refractivity contribution is 14.0. The number of carbonyl (C=O) groups is 1. The average molecular weight is 490 g/mol. The molecule has 0 heterocycles. The van der Waals surface area contributed by atoms with E-state index in [4.69, 9.17) is 4.74 Å². The predicted octanol–water partition coefficient (Wildman–Crippen LogP) is 3.31. The lowest BCUT2D eigenvalue weighted by atomic mass is 10.0. The van der Waals surface area contributed by atoms with Crippen molar-refractivity contribution in [2.75, 3.05) is 20.2 Å². The summed E-state index contributed by atoms with van der Waals surface area (Å²) in [5, 5.41) is 9.45. The molecule has 1 unspecified atom stereocenters. The van der Waals surface area contributed by atoms with Crippen molar-refractivity contribution in [2.45, 2.75) is 53.1 Å². The molecule has 1 atom stereocenters. The van der Waals surface area contributed by atoms with Gasteiger partial charge in [-0.05, 0) is 50.3 Å². The molecule has 0 fully saturated rings. The van der Waals surface area contributed by atoms with Crippen LogP contribution >= 0.6 is 24.0 Å². The fourth-order valence-corrected chi connectivity index (χ4v) is 2.41. The number of guanidine groups is 1. The van der Waals surface area contributed by atoms with Crippen LogP contribution in [0.2, 0.25) is 0 Å². The SMILES string of the molecule is CCNC(=O)COc1cccc(CNC(=NC)NC(C)CCC(C)C)c1.I. The Morgan fingerprint density at radius 1 is 1.19 bits per heavy atom. The number of halogens is 1. The molecular formula is C20H35IN4O2. The van der Waals surface area contributed by atoms with Crippen molar-refractivity contribution in [3.63, 3.8) is 0 Å². The summed E-state index contributed by atoms with van der Waals surface area (Å²) in [6.45, 7) is 9.80. The van der Waals surface area contributed by atoms with E-state index >= 15 is 0 Å². The fraction of sp³-hybridized carbons (Fsp3) is 0.600. The van der Waals surface area contributed by atoms with Gasteiger partial charge in [-0.2, -0.15) is 0 Å². The number of likely N-dealkylation sites (N-methyl/N-ethyl adjacent to an activating group) is 1. The van der Waals surface area contributed by atoms with Gasteiger partial charge in [-0.3, -0.25) is 9.79 Å². The summed E-state index contributed by atoms with van der Waals surface area (Å²) in [5.74, 6) is 2.06. The Bertz CT molecular complexity index is 579. The predicted molar refractivity (Wildman–Crippen MR) is 123 cm³/mol. The van der Waals surface area contributed by atoms with Crippen molar-refractivity contribution >= 4 is 35.8 Å². The Hall–Kier alpha value is -1.51. The maximum absolute atomic E-state index is 11.5. The van der Waals surface area contributed by atoms with Gasteiger partial charge in [0.25, 0.3) is 5.91 Å². The molecule has 27 heavy (non-hydrogen) atoms. The topological polar surface area (TPSA) is 74.8 Å². The number of amides is 1. The monoisotopic (exact) mass is 490 g/mol. The van der Waals surface area contributed by atoms with Crippen molar-refractivity contribution in [1.82, 2.24) is 16.0 Å². The average Bonchev–Trinajstić information content (AvgIpc) is 2.62. The summed E-state index contributed by atoms with van der Waals surface area (Å²) in [6.07, 6.45) is 2.30. The molecule has 0 radical (unpaired) electrons. The van der Waals surface area contributed by atoms with Crippen LogP contribution in [0.1, 0.15) is 46.1 Å². The molecule has 0 spiro atoms. The summed E-state index contributed by atoms with van der Waals surface area (Å²) in [5.41, 5.74) is 1.07. The molecular weight excluding hydrogens is 455 g/mol. The molecule has 1 amide bonds. The third-order valence-electron chi connectivity index (χ3n) is 3.89. The molecule has 1 aromatic carbocycles. The standard InChI is InChI=1S/C20H34N4O2.HI/c1-6-22-19(25)14-26-18-9-7-8-17(12-18)13-23-20(21-5)24-16(4)11-10-15(2)3;/h7-9,12,15-16H,6,10-11,13-14H2,1-5H3,(H,22,25)(H2,21,23,24);1H. The highest BCUT2D eigenvalue weighted by atomic mass is 127. The van der Waals surface area contributed by atoms with Gasteiger partial charge in [0, 0.05) is 26.2 Å². The van der Waals surface area contributed by atoms with Gasteiger partial charge in [0.2, 0.25) is 0 Å². The zero-order valence-corrected chi connectivity index (χ0v) is 19.5. The van der Waals surface area contributed by atoms with E-state index in [1.165, 1.54) is 6.42 Å². The van der Waals surface area contributed by atoms with Crippen molar-refractivity contribution in [1.29, 1.82) is 0 Å². The molecule has 154 valence electrons. The lowest BCUT2D eigenvalue weighted by molar-refractivity contribution is -0.122. The first-order valence-electron chi connectivity index (χ1n) is 9.40. The van der Waals surface area contributed by atoms with Crippen molar-refractivity contribution in [3.05, 3.63) is 29.8 Å². The number of nitrogens with zero attached hydrogens (tertiary/aromatic N) is 1. The zero-order chi connectivity index (χ0) is 19.4. The van der Waals surface area contributed by atoms with Crippen molar-refractivity contribution < 1.29 is 9.53 Å². The summed E-state index contributed by atoms with van der Waals surface area (Å²) in [4.78, 5) is 15.8. The van der Waals surface area contributed by atoms with Crippen LogP contribution in [-0.2, 0) is 11.3 Å². The minimum atomic E-state index is -0.115. The Labute approximate surface area is 181 Å². The van der Waals surface area contributed by atoms with Crippen LogP contribution in [0.15, 0.2) is 29.3 Å². The Kier molecular flexibility index (Phi) is 13.7. The molecule has 0 aliphatic heterocycles. The number of hydrogen-bond donors (Lipinski definition) is 3. The number of aliphatic imine (C=N–C) groups is 1. The number of carbonyl (C=O) groups excluding carboxylic acids is 1. The third kappa shape index (κ3) is 11.7. The van der Waals surface area contributed by atoms with E-state index in [1.807, 2.05) is 31.2 Å². The molecule has 0 aliphatic carbocycles. The second-order valence-corrected chi connectivity index (χ2v) is 6.83. The Balaban J connectivity index is 0.00000676. The van der Waals surface area contributed by atoms with Crippen LogP contribution < -0.4 is 20.7 Å². The van der Waals surface area contributed by atoms with Crippen LogP contribution in [0.25, 0.3) is 0 Å². The Morgan fingerprint density at radius 2 is 1.93 bits per heavy atom. The van der Waals surface area contributed by atoms with Gasteiger partial charge in [-0.25, -0.2) is 0 Å². The number of rotatable bonds is 10. The van der Waals surface area contributed by atoms with E-state index in [9.17, 15) is 4.79 Å². The van der Waals surface area contributed by atoms with E-state index in [0.717, 1.165) is 17.9 Å². The molecule has 0 saturated heterocycles. The van der Waals surface area contributed by atoms with Crippen LogP contribution in [0.4, 0.5) is 0 Å². The van der Waals surface area contributed by atoms with Crippen molar-refractivity contribution in [3.8, 4) is 5.75 Å². The van der Waals surface area contributed by atoms with Gasteiger partial charge in [-0.15, -0.1) is 24.0 Å². The van der Waals surface area contributed by atoms with Gasteiger partial charge in [0.05, 0.1) is 0 Å². The maximum Gasteiger partial charge on any atom is 0.257 e. The Morgan fingerprint density at radius 3 is 2.56 bits per heavy atom. The highest BCUT2D eigenvalue weighted by Crippen LogP contribution is 2.13. The molecule has 0 bridgehead atoms. The molecule has 1 aromatic rings. The lowest BCUT2D eigenvalue weighted by Crippen LogP contribution is -2.41. The quantitative estimate of drug-likeness (QED) is 0.267. The minimum Gasteiger partial charge on any atom is -0.484 e. The zero-order valence-electron chi connectivity index (χ0n) is 17.2. The van der Waals surface area contributed by atoms with Gasteiger partial charge in [0.15, 0.2) is 12.6 Å². The summed E-state index contributed by atoms with van der Waals surface area (Å²) in [6, 6.07) is 8.09. The van der Waals surface area contributed by atoms with Gasteiger partial charge in [0.1, 0.15) is 5.75 Å². The largest absolute Gasteiger partial charge is 0.484 e. The summed E-state index contributed by atoms with van der Waals surface area (Å²) >= 11 is 0. The molecule has 0 aromatic heterocycles. The number of hydrogen-bond acceptors (Lipinski definition) is 3. The molecule has 0 saturated carbocycles. The van der Waals surface area contributed by atoms with Gasteiger partial charge < -0.3 is 20.7 Å². The first kappa shape index (κ1) is 25.5. The molecule has 3 N–H and O–H groups in total. The fourth-order valence-electron chi connectivity index (χ4n) is 2.41. The van der Waals surface area contributed by atoms with Gasteiger partial charge in [-0.1, -0.05) is 26.0 Å². The second-order valence-electron chi connectivity index (χ2n) is 6.83. The minimum absolute atomic E-state index is 0. The molecule has 7 heteroatoms. The van der Waals surface area contributed by atoms with Crippen LogP contribution in [0.5, 0.6) is 5.75 Å². The van der Waals surface area contributed by atoms with E-state index in [0.29, 0.717) is 30.8 Å². The smallest absolute Gasteiger partial charge is 0.257 e. The number of ether oxygens (including phenoxy) is 1. The highest BCUT2D eigenvalue weighted by Gasteiger charge is 2.07. The first-order chi connectivity index (χ1) is 12.4. The molecule has 1 rings (SSSR count). The maximum atomic E-state index is 11.5. The van der Waals surface area contributed by atoms with E-state index in [1.54, 1.807) is 7.05 Å². The number of nitrogens with one attached hydrogen (secondary N) is 3. The normalized spacial score (nSPS) is 12.1.